The lowest BCUT2D eigenvalue weighted by atomic mass is 10.2. The first-order valence-corrected chi connectivity index (χ1v) is 8.46. The van der Waals surface area contributed by atoms with Gasteiger partial charge in [0.15, 0.2) is 0 Å². The molecule has 2 aromatic heterocycles. The summed E-state index contributed by atoms with van der Waals surface area (Å²) in [5.41, 5.74) is 3.19. The van der Waals surface area contributed by atoms with Crippen molar-refractivity contribution in [2.75, 3.05) is 27.2 Å². The van der Waals surface area contributed by atoms with E-state index in [1.165, 1.54) is 0 Å². The molecule has 0 atom stereocenters. The predicted molar refractivity (Wildman–Crippen MR) is 99.2 cm³/mol. The molecule has 25 heavy (non-hydrogen) atoms. The van der Waals surface area contributed by atoms with Gasteiger partial charge >= 0.3 is 0 Å². The van der Waals surface area contributed by atoms with Crippen molar-refractivity contribution in [2.24, 2.45) is 7.05 Å². The van der Waals surface area contributed by atoms with Crippen LogP contribution < -0.4 is 4.74 Å². The van der Waals surface area contributed by atoms with E-state index in [-0.39, 0.29) is 0 Å². The third kappa shape index (κ3) is 3.91. The molecule has 3 rings (SSSR count). The van der Waals surface area contributed by atoms with E-state index in [9.17, 15) is 0 Å². The maximum atomic E-state index is 5.80. The fraction of sp³-hybridized carbons (Fsp3) is 0.368. The normalized spacial score (nSPS) is 11.2. The molecular formula is C19H25N5O. The Morgan fingerprint density at radius 1 is 1.16 bits per heavy atom. The average Bonchev–Trinajstić information content (AvgIpc) is 3.20. The second-order valence-electron chi connectivity index (χ2n) is 6.39. The van der Waals surface area contributed by atoms with Gasteiger partial charge in [-0.15, -0.1) is 0 Å². The molecule has 0 saturated carbocycles. The number of ether oxygens (including phenoxy) is 1. The standard InChI is InChI=1S/C19H25N5O/c1-15-18(14-21-23(15)4)24-12-10-20-19(24)16-6-8-17(9-7-16)25-13-5-11-22(2)3/h6-10,12,14H,5,11,13H2,1-4H3. The van der Waals surface area contributed by atoms with E-state index < -0.39 is 0 Å². The highest BCUT2D eigenvalue weighted by atomic mass is 16.5. The molecule has 0 fully saturated rings. The third-order valence-corrected chi connectivity index (χ3v) is 4.24. The fourth-order valence-electron chi connectivity index (χ4n) is 2.71. The van der Waals surface area contributed by atoms with Gasteiger partial charge in [0.25, 0.3) is 0 Å². The van der Waals surface area contributed by atoms with Crippen LogP contribution in [0.4, 0.5) is 0 Å². The van der Waals surface area contributed by atoms with E-state index in [4.69, 9.17) is 4.74 Å². The van der Waals surface area contributed by atoms with Gasteiger partial charge in [-0.3, -0.25) is 9.25 Å². The molecule has 1 aromatic carbocycles. The van der Waals surface area contributed by atoms with E-state index >= 15 is 0 Å². The molecule has 0 bridgehead atoms. The summed E-state index contributed by atoms with van der Waals surface area (Å²) in [6, 6.07) is 8.10. The van der Waals surface area contributed by atoms with Gasteiger partial charge in [0, 0.05) is 31.5 Å². The summed E-state index contributed by atoms with van der Waals surface area (Å²) in [6.07, 6.45) is 6.65. The van der Waals surface area contributed by atoms with Gasteiger partial charge in [-0.05, 0) is 51.7 Å². The number of nitrogens with zero attached hydrogens (tertiary/aromatic N) is 5. The van der Waals surface area contributed by atoms with Crippen LogP contribution in [0.3, 0.4) is 0 Å². The number of benzene rings is 1. The molecule has 0 aliphatic heterocycles. The minimum atomic E-state index is 0.723. The highest BCUT2D eigenvalue weighted by molar-refractivity contribution is 5.60. The zero-order chi connectivity index (χ0) is 17.8. The topological polar surface area (TPSA) is 48.1 Å². The summed E-state index contributed by atoms with van der Waals surface area (Å²) >= 11 is 0. The van der Waals surface area contributed by atoms with Crippen molar-refractivity contribution in [2.45, 2.75) is 13.3 Å². The highest BCUT2D eigenvalue weighted by Gasteiger charge is 2.12. The Bertz CT molecular complexity index is 817. The summed E-state index contributed by atoms with van der Waals surface area (Å²) in [4.78, 5) is 6.68. The smallest absolute Gasteiger partial charge is 0.144 e. The molecule has 0 aliphatic rings. The van der Waals surface area contributed by atoms with Crippen molar-refractivity contribution in [3.05, 3.63) is 48.5 Å². The molecular weight excluding hydrogens is 314 g/mol. The summed E-state index contributed by atoms with van der Waals surface area (Å²) < 4.78 is 9.73. The minimum Gasteiger partial charge on any atom is -0.494 e. The van der Waals surface area contributed by atoms with Crippen LogP contribution >= 0.6 is 0 Å². The van der Waals surface area contributed by atoms with Crippen LogP contribution in [0.5, 0.6) is 5.75 Å². The van der Waals surface area contributed by atoms with Gasteiger partial charge in [0.1, 0.15) is 11.6 Å². The Morgan fingerprint density at radius 2 is 1.92 bits per heavy atom. The molecule has 0 aliphatic carbocycles. The van der Waals surface area contributed by atoms with Crippen LogP contribution in [0, 0.1) is 6.92 Å². The molecule has 2 heterocycles. The monoisotopic (exact) mass is 339 g/mol. The van der Waals surface area contributed by atoms with Gasteiger partial charge < -0.3 is 9.64 Å². The maximum absolute atomic E-state index is 5.80. The van der Waals surface area contributed by atoms with Crippen LogP contribution in [-0.2, 0) is 7.05 Å². The lowest BCUT2D eigenvalue weighted by Gasteiger charge is -2.11. The summed E-state index contributed by atoms with van der Waals surface area (Å²) in [5, 5.41) is 4.32. The summed E-state index contributed by atoms with van der Waals surface area (Å²) in [6.45, 7) is 3.80. The van der Waals surface area contributed by atoms with E-state index in [1.807, 2.05) is 54.6 Å². The largest absolute Gasteiger partial charge is 0.494 e. The number of imidazole rings is 1. The first kappa shape index (κ1) is 17.2. The lowest BCUT2D eigenvalue weighted by Crippen LogP contribution is -2.15. The number of aryl methyl sites for hydroxylation is 1. The van der Waals surface area contributed by atoms with Crippen LogP contribution in [-0.4, -0.2) is 51.5 Å². The Kier molecular flexibility index (Phi) is 5.19. The predicted octanol–water partition coefficient (Wildman–Crippen LogP) is 2.91. The van der Waals surface area contributed by atoms with Crippen LogP contribution in [0.25, 0.3) is 17.1 Å². The van der Waals surface area contributed by atoms with E-state index in [0.717, 1.165) is 48.1 Å². The molecule has 0 amide bonds. The van der Waals surface area contributed by atoms with Crippen LogP contribution in [0.2, 0.25) is 0 Å². The SMILES string of the molecule is Cc1c(-n2ccnc2-c2ccc(OCCCN(C)C)cc2)cnn1C. The Morgan fingerprint density at radius 3 is 2.56 bits per heavy atom. The third-order valence-electron chi connectivity index (χ3n) is 4.24. The second-order valence-corrected chi connectivity index (χ2v) is 6.39. The quantitative estimate of drug-likeness (QED) is 0.621. The Hall–Kier alpha value is -2.60. The van der Waals surface area contributed by atoms with E-state index in [2.05, 4.69) is 40.6 Å². The average molecular weight is 339 g/mol. The second kappa shape index (κ2) is 7.53. The number of rotatable bonds is 7. The molecule has 0 spiro atoms. The molecule has 0 unspecified atom stereocenters. The molecule has 6 nitrogen and oxygen atoms in total. The van der Waals surface area contributed by atoms with E-state index in [0.29, 0.717) is 0 Å². The molecule has 0 saturated heterocycles. The Labute approximate surface area is 148 Å². The first-order chi connectivity index (χ1) is 12.1. The fourth-order valence-corrected chi connectivity index (χ4v) is 2.71. The van der Waals surface area contributed by atoms with E-state index in [1.54, 1.807) is 0 Å². The lowest BCUT2D eigenvalue weighted by molar-refractivity contribution is 0.281. The maximum Gasteiger partial charge on any atom is 0.144 e. The van der Waals surface area contributed by atoms with Gasteiger partial charge in [-0.25, -0.2) is 4.98 Å². The van der Waals surface area contributed by atoms with Crippen molar-refractivity contribution in [1.82, 2.24) is 24.2 Å². The van der Waals surface area contributed by atoms with Crippen molar-refractivity contribution < 1.29 is 4.74 Å². The van der Waals surface area contributed by atoms with Crippen molar-refractivity contribution in [3.8, 4) is 22.8 Å². The van der Waals surface area contributed by atoms with Crippen LogP contribution in [0.1, 0.15) is 12.1 Å². The zero-order valence-corrected chi connectivity index (χ0v) is 15.3. The van der Waals surface area contributed by atoms with Crippen molar-refractivity contribution in [3.63, 3.8) is 0 Å². The molecule has 6 heteroatoms. The molecule has 0 N–H and O–H groups in total. The van der Waals surface area contributed by atoms with Gasteiger partial charge in [-0.2, -0.15) is 5.10 Å². The van der Waals surface area contributed by atoms with Crippen molar-refractivity contribution in [1.29, 1.82) is 0 Å². The zero-order valence-electron chi connectivity index (χ0n) is 15.3. The number of hydrogen-bond donors (Lipinski definition) is 0. The number of aromatic nitrogens is 4. The Balaban J connectivity index is 1.73. The van der Waals surface area contributed by atoms with Gasteiger partial charge in [0.2, 0.25) is 0 Å². The minimum absolute atomic E-state index is 0.723. The number of hydrogen-bond acceptors (Lipinski definition) is 4. The van der Waals surface area contributed by atoms with Crippen molar-refractivity contribution >= 4 is 0 Å². The highest BCUT2D eigenvalue weighted by Crippen LogP contribution is 2.25. The summed E-state index contributed by atoms with van der Waals surface area (Å²) in [5.74, 6) is 1.79. The molecule has 132 valence electrons. The molecule has 0 radical (unpaired) electrons. The van der Waals surface area contributed by atoms with Gasteiger partial charge in [-0.1, -0.05) is 0 Å². The first-order valence-electron chi connectivity index (χ1n) is 8.46. The summed E-state index contributed by atoms with van der Waals surface area (Å²) in [7, 11) is 6.08. The molecule has 3 aromatic rings. The van der Waals surface area contributed by atoms with Gasteiger partial charge in [0.05, 0.1) is 24.2 Å². The van der Waals surface area contributed by atoms with Crippen LogP contribution in [0.15, 0.2) is 42.9 Å².